The molecule has 4 aromatic rings. The molecule has 0 amide bonds. The number of methoxy groups -OCH3 is 1. The van der Waals surface area contributed by atoms with Crippen molar-refractivity contribution in [1.29, 1.82) is 0 Å². The van der Waals surface area contributed by atoms with Crippen molar-refractivity contribution in [2.75, 3.05) is 44.9 Å². The van der Waals surface area contributed by atoms with Gasteiger partial charge in [-0.2, -0.15) is 0 Å². The van der Waals surface area contributed by atoms with Crippen LogP contribution in [0.1, 0.15) is 25.3 Å². The molecular formula is C25H30N6O2S. The molecule has 178 valence electrons. The number of anilines is 1. The van der Waals surface area contributed by atoms with Crippen molar-refractivity contribution in [1.82, 2.24) is 24.8 Å². The number of fused-ring (bicyclic) bond motifs is 2. The topological polar surface area (TPSA) is 79.4 Å². The molecule has 6 rings (SSSR count). The Morgan fingerprint density at radius 2 is 2.21 bits per heavy atom. The van der Waals surface area contributed by atoms with Gasteiger partial charge in [0, 0.05) is 55.1 Å². The Morgan fingerprint density at radius 3 is 3.09 bits per heavy atom. The van der Waals surface area contributed by atoms with Crippen LogP contribution >= 0.6 is 11.3 Å². The number of aromatic amines is 1. The van der Waals surface area contributed by atoms with Crippen LogP contribution < -0.4 is 4.90 Å². The third kappa shape index (κ3) is 3.86. The first-order valence-electron chi connectivity index (χ1n) is 12.0. The van der Waals surface area contributed by atoms with Gasteiger partial charge in [0.05, 0.1) is 36.1 Å². The molecule has 8 nitrogen and oxygen atoms in total. The predicted octanol–water partition coefficient (Wildman–Crippen LogP) is 4.07. The fourth-order valence-electron chi connectivity index (χ4n) is 5.28. The highest BCUT2D eigenvalue weighted by molar-refractivity contribution is 7.18. The third-order valence-electron chi connectivity index (χ3n) is 7.04. The maximum Gasteiger partial charge on any atom is 0.163 e. The van der Waals surface area contributed by atoms with Crippen molar-refractivity contribution >= 4 is 38.4 Å². The molecule has 34 heavy (non-hydrogen) atoms. The molecule has 2 aliphatic heterocycles. The highest BCUT2D eigenvalue weighted by Crippen LogP contribution is 2.37. The molecule has 0 bridgehead atoms. The van der Waals surface area contributed by atoms with E-state index in [9.17, 15) is 0 Å². The average Bonchev–Trinajstić information content (AvgIpc) is 3.60. The van der Waals surface area contributed by atoms with Gasteiger partial charge in [-0.1, -0.05) is 0 Å². The third-order valence-corrected chi connectivity index (χ3v) is 8.06. The van der Waals surface area contributed by atoms with Crippen LogP contribution in [0.3, 0.4) is 0 Å². The number of pyridine rings is 1. The second-order valence-corrected chi connectivity index (χ2v) is 10.1. The largest absolute Gasteiger partial charge is 0.383 e. The number of morpholine rings is 1. The van der Waals surface area contributed by atoms with E-state index < -0.39 is 0 Å². The van der Waals surface area contributed by atoms with Crippen LogP contribution in [0.15, 0.2) is 29.9 Å². The number of ether oxygens (including phenoxy) is 2. The predicted molar refractivity (Wildman–Crippen MR) is 135 cm³/mol. The summed E-state index contributed by atoms with van der Waals surface area (Å²) in [6.07, 6.45) is 6.15. The number of nitrogens with one attached hydrogen (secondary N) is 1. The van der Waals surface area contributed by atoms with Gasteiger partial charge in [-0.25, -0.2) is 15.0 Å². The van der Waals surface area contributed by atoms with Crippen LogP contribution in [-0.2, 0) is 16.0 Å². The van der Waals surface area contributed by atoms with E-state index in [1.165, 1.54) is 18.4 Å². The Bertz CT molecular complexity index is 1300. The fourth-order valence-corrected chi connectivity index (χ4v) is 6.28. The molecule has 0 saturated carbocycles. The van der Waals surface area contributed by atoms with Crippen molar-refractivity contribution in [3.05, 3.63) is 35.5 Å². The van der Waals surface area contributed by atoms with Gasteiger partial charge in [0.1, 0.15) is 5.65 Å². The van der Waals surface area contributed by atoms with Crippen LogP contribution in [0.25, 0.3) is 32.6 Å². The van der Waals surface area contributed by atoms with E-state index in [-0.39, 0.29) is 6.04 Å². The molecule has 0 aliphatic carbocycles. The van der Waals surface area contributed by atoms with Gasteiger partial charge in [-0.3, -0.25) is 4.90 Å². The Balaban J connectivity index is 1.48. The van der Waals surface area contributed by atoms with E-state index in [4.69, 9.17) is 19.4 Å². The molecule has 0 spiro atoms. The lowest BCUT2D eigenvalue weighted by Gasteiger charge is -2.34. The molecule has 9 heteroatoms. The summed E-state index contributed by atoms with van der Waals surface area (Å²) in [5, 5.41) is 3.32. The van der Waals surface area contributed by atoms with Crippen molar-refractivity contribution in [3.8, 4) is 11.4 Å². The second kappa shape index (κ2) is 9.22. The van der Waals surface area contributed by atoms with Crippen LogP contribution in [0, 0.1) is 0 Å². The molecule has 0 radical (unpaired) electrons. The van der Waals surface area contributed by atoms with E-state index in [2.05, 4.69) is 38.1 Å². The fraction of sp³-hybridized carbons (Fsp3) is 0.480. The lowest BCUT2D eigenvalue weighted by molar-refractivity contribution is 0.0987. The highest BCUT2D eigenvalue weighted by Gasteiger charge is 2.28. The van der Waals surface area contributed by atoms with E-state index in [0.29, 0.717) is 19.3 Å². The summed E-state index contributed by atoms with van der Waals surface area (Å²) >= 11 is 1.76. The number of nitrogens with zero attached hydrogens (tertiary/aromatic N) is 5. The number of hydrogen-bond donors (Lipinski definition) is 1. The normalized spacial score (nSPS) is 21.8. The van der Waals surface area contributed by atoms with Crippen LogP contribution in [-0.4, -0.2) is 76.9 Å². The van der Waals surface area contributed by atoms with Crippen molar-refractivity contribution < 1.29 is 9.47 Å². The molecule has 2 unspecified atom stereocenters. The highest BCUT2D eigenvalue weighted by atomic mass is 32.1. The Hall–Kier alpha value is -2.59. The van der Waals surface area contributed by atoms with Crippen molar-refractivity contribution in [2.24, 2.45) is 0 Å². The second-order valence-electron chi connectivity index (χ2n) is 9.25. The van der Waals surface area contributed by atoms with Gasteiger partial charge in [0.2, 0.25) is 0 Å². The summed E-state index contributed by atoms with van der Waals surface area (Å²) in [5.41, 5.74) is 4.19. The molecular weight excluding hydrogens is 448 g/mol. The Labute approximate surface area is 202 Å². The molecule has 2 saturated heterocycles. The molecule has 2 aliphatic rings. The molecule has 2 fully saturated rings. The molecule has 2 atom stereocenters. The van der Waals surface area contributed by atoms with E-state index in [1.807, 2.05) is 18.5 Å². The summed E-state index contributed by atoms with van der Waals surface area (Å²) in [6.45, 7) is 7.23. The van der Waals surface area contributed by atoms with Gasteiger partial charge in [0.15, 0.2) is 11.6 Å². The number of likely N-dealkylation sites (tertiary alicyclic amines) is 1. The maximum atomic E-state index is 5.72. The SMILES string of the molecule is COCC1CCCN1Cc1csc2c(N3CCOCC3C)nc(-c3ccnc4[nH]ccc34)nc12. The van der Waals surface area contributed by atoms with Gasteiger partial charge >= 0.3 is 0 Å². The summed E-state index contributed by atoms with van der Waals surface area (Å²) < 4.78 is 12.4. The zero-order chi connectivity index (χ0) is 23.1. The molecule has 0 aromatic carbocycles. The zero-order valence-corrected chi connectivity index (χ0v) is 20.5. The van der Waals surface area contributed by atoms with Crippen LogP contribution in [0.5, 0.6) is 0 Å². The lowest BCUT2D eigenvalue weighted by atomic mass is 10.1. The smallest absolute Gasteiger partial charge is 0.163 e. The summed E-state index contributed by atoms with van der Waals surface area (Å²) in [5.74, 6) is 1.77. The Kier molecular flexibility index (Phi) is 5.94. The minimum Gasteiger partial charge on any atom is -0.383 e. The molecule has 6 heterocycles. The minimum absolute atomic E-state index is 0.264. The zero-order valence-electron chi connectivity index (χ0n) is 19.7. The van der Waals surface area contributed by atoms with Gasteiger partial charge in [-0.15, -0.1) is 11.3 Å². The summed E-state index contributed by atoms with van der Waals surface area (Å²) in [6, 6.07) is 4.81. The number of H-pyrrole nitrogens is 1. The summed E-state index contributed by atoms with van der Waals surface area (Å²) in [7, 11) is 1.79. The van der Waals surface area contributed by atoms with Gasteiger partial charge in [0.25, 0.3) is 0 Å². The Morgan fingerprint density at radius 1 is 1.26 bits per heavy atom. The number of rotatable bonds is 6. The van der Waals surface area contributed by atoms with E-state index >= 15 is 0 Å². The average molecular weight is 479 g/mol. The minimum atomic E-state index is 0.264. The number of aromatic nitrogens is 4. The molecule has 1 N–H and O–H groups in total. The van der Waals surface area contributed by atoms with E-state index in [1.54, 1.807) is 18.4 Å². The van der Waals surface area contributed by atoms with E-state index in [0.717, 1.165) is 64.7 Å². The summed E-state index contributed by atoms with van der Waals surface area (Å²) in [4.78, 5) is 22.9. The standard InChI is InChI=1S/C25H30N6O2S/c1-16-13-33-11-10-31(16)25-22-21(17(15-34-22)12-30-9-3-4-18(30)14-32-2)28-24(29-25)20-6-8-27-23-19(20)5-7-26-23/h5-8,15-16,18H,3-4,9-14H2,1-2H3,(H,26,27). The van der Waals surface area contributed by atoms with Crippen LogP contribution in [0.4, 0.5) is 5.82 Å². The van der Waals surface area contributed by atoms with Gasteiger partial charge < -0.3 is 19.4 Å². The first kappa shape index (κ1) is 21.9. The van der Waals surface area contributed by atoms with Gasteiger partial charge in [-0.05, 0) is 43.8 Å². The lowest BCUT2D eigenvalue weighted by Crippen LogP contribution is -2.44. The first-order valence-corrected chi connectivity index (χ1v) is 12.9. The quantitative estimate of drug-likeness (QED) is 0.447. The number of hydrogen-bond acceptors (Lipinski definition) is 8. The van der Waals surface area contributed by atoms with Crippen LogP contribution in [0.2, 0.25) is 0 Å². The first-order chi connectivity index (χ1) is 16.7. The van der Waals surface area contributed by atoms with Crippen molar-refractivity contribution in [3.63, 3.8) is 0 Å². The monoisotopic (exact) mass is 478 g/mol. The van der Waals surface area contributed by atoms with Crippen molar-refractivity contribution in [2.45, 2.75) is 38.4 Å². The number of thiophene rings is 1. The maximum absolute atomic E-state index is 5.72. The molecule has 4 aromatic heterocycles.